The maximum absolute atomic E-state index is 13.5. The topological polar surface area (TPSA) is 101 Å². The molecule has 2 N–H and O–H groups in total. The van der Waals surface area contributed by atoms with Crippen LogP contribution in [0.15, 0.2) is 58.6 Å². The molecule has 1 aliphatic carbocycles. The van der Waals surface area contributed by atoms with Gasteiger partial charge < -0.3 is 10.6 Å². The minimum Gasteiger partial charge on any atom is -0.365 e. The van der Waals surface area contributed by atoms with Crippen LogP contribution in [-0.2, 0) is 10.2 Å². The Morgan fingerprint density at radius 1 is 1.21 bits per heavy atom. The molecule has 3 heterocycles. The van der Waals surface area contributed by atoms with Crippen molar-refractivity contribution < 1.29 is 4.79 Å². The zero-order valence-electron chi connectivity index (χ0n) is 18.3. The normalized spacial score (nSPS) is 15.5. The summed E-state index contributed by atoms with van der Waals surface area (Å²) in [5.41, 5.74) is 2.95. The molecule has 0 radical (unpaired) electrons. The van der Waals surface area contributed by atoms with E-state index in [1.165, 1.54) is 0 Å². The van der Waals surface area contributed by atoms with Crippen LogP contribution in [0.3, 0.4) is 0 Å². The number of amides is 1. The summed E-state index contributed by atoms with van der Waals surface area (Å²) in [6.07, 6.45) is 6.12. The van der Waals surface area contributed by atoms with E-state index in [1.807, 2.05) is 43.3 Å². The Hall–Kier alpha value is -4.07. The number of benzene rings is 1. The number of nitrogens with one attached hydrogen (secondary N) is 2. The summed E-state index contributed by atoms with van der Waals surface area (Å²) < 4.78 is 1.56. The molecule has 1 fully saturated rings. The van der Waals surface area contributed by atoms with Gasteiger partial charge in [-0.15, -0.1) is 0 Å². The summed E-state index contributed by atoms with van der Waals surface area (Å²) in [5, 5.41) is 7.54. The van der Waals surface area contributed by atoms with Crippen molar-refractivity contribution in [3.05, 3.63) is 86.7 Å². The second-order valence-electron chi connectivity index (χ2n) is 8.50. The smallest absolute Gasteiger partial charge is 0.299 e. The number of pyridine rings is 1. The van der Waals surface area contributed by atoms with Gasteiger partial charge in [0.2, 0.25) is 6.41 Å². The predicted molar refractivity (Wildman–Crippen MR) is 127 cm³/mol. The Morgan fingerprint density at radius 2 is 2.06 bits per heavy atom. The second kappa shape index (κ2) is 8.12. The Kier molecular flexibility index (Phi) is 5.12. The molecule has 8 nitrogen and oxygen atoms in total. The van der Waals surface area contributed by atoms with Crippen molar-refractivity contribution in [2.75, 3.05) is 18.4 Å². The van der Waals surface area contributed by atoms with Crippen LogP contribution in [-0.4, -0.2) is 34.0 Å². The number of rotatable bonds is 8. The Labute approximate surface area is 190 Å². The van der Waals surface area contributed by atoms with E-state index in [4.69, 9.17) is 4.99 Å². The number of hydrogen-bond acceptors (Lipinski definition) is 6. The van der Waals surface area contributed by atoms with Crippen molar-refractivity contribution in [2.45, 2.75) is 25.2 Å². The van der Waals surface area contributed by atoms with Crippen LogP contribution in [0.25, 0.3) is 18.0 Å². The lowest BCUT2D eigenvalue weighted by Crippen LogP contribution is -2.30. The minimum atomic E-state index is -0.281. The molecule has 1 aromatic carbocycles. The number of carbonyl (C=O) groups excluding carboxylic acids is 1. The Morgan fingerprint density at radius 3 is 2.79 bits per heavy atom. The molecule has 1 aliphatic heterocycles. The number of hydrogen-bond donors (Lipinski definition) is 2. The third kappa shape index (κ3) is 3.73. The fourth-order valence-corrected chi connectivity index (χ4v) is 4.25. The van der Waals surface area contributed by atoms with E-state index >= 15 is 0 Å². The van der Waals surface area contributed by atoms with Gasteiger partial charge in [0.1, 0.15) is 5.82 Å². The highest BCUT2D eigenvalue weighted by atomic mass is 16.1. The first kappa shape index (κ1) is 20.8. The molecule has 2 aliphatic rings. The number of aryl methyl sites for hydroxylation is 1. The fraction of sp³-hybridized carbons (Fsp3) is 0.240. The van der Waals surface area contributed by atoms with Crippen LogP contribution in [0, 0.1) is 6.92 Å². The third-order valence-corrected chi connectivity index (χ3v) is 6.25. The van der Waals surface area contributed by atoms with Gasteiger partial charge in [0.25, 0.3) is 5.56 Å². The lowest BCUT2D eigenvalue weighted by Gasteiger charge is -2.17. The maximum Gasteiger partial charge on any atom is 0.299 e. The van der Waals surface area contributed by atoms with Gasteiger partial charge in [-0.05, 0) is 49.2 Å². The van der Waals surface area contributed by atoms with Gasteiger partial charge in [0.05, 0.1) is 5.36 Å². The maximum atomic E-state index is 13.5. The molecule has 0 unspecified atom stereocenters. The molecular formula is C25H24N6O2. The van der Waals surface area contributed by atoms with Crippen LogP contribution in [0.5, 0.6) is 0 Å². The van der Waals surface area contributed by atoms with Gasteiger partial charge >= 0.3 is 0 Å². The molecule has 2 aromatic heterocycles. The van der Waals surface area contributed by atoms with E-state index in [0.717, 1.165) is 40.2 Å². The van der Waals surface area contributed by atoms with Crippen molar-refractivity contribution in [3.63, 3.8) is 0 Å². The monoisotopic (exact) mass is 440 g/mol. The van der Waals surface area contributed by atoms with Crippen LogP contribution in [0.4, 0.5) is 5.82 Å². The van der Waals surface area contributed by atoms with Crippen molar-refractivity contribution in [1.82, 2.24) is 19.9 Å². The van der Waals surface area contributed by atoms with Gasteiger partial charge in [-0.25, -0.2) is 9.98 Å². The summed E-state index contributed by atoms with van der Waals surface area (Å²) in [6.45, 7) is 6.64. The molecule has 166 valence electrons. The summed E-state index contributed by atoms with van der Waals surface area (Å²) in [7, 11) is 0. The number of carbonyl (C=O) groups is 1. The Balaban J connectivity index is 1.53. The quantitative estimate of drug-likeness (QED) is 0.513. The molecule has 8 heteroatoms. The van der Waals surface area contributed by atoms with Crippen LogP contribution in [0.1, 0.15) is 29.8 Å². The van der Waals surface area contributed by atoms with Crippen molar-refractivity contribution in [3.8, 4) is 0 Å². The van der Waals surface area contributed by atoms with E-state index in [-0.39, 0.29) is 23.3 Å². The molecular weight excluding hydrogens is 416 g/mol. The second-order valence-corrected chi connectivity index (χ2v) is 8.50. The first-order valence-corrected chi connectivity index (χ1v) is 10.9. The van der Waals surface area contributed by atoms with Gasteiger partial charge in [0, 0.05) is 53.4 Å². The predicted octanol–water partition coefficient (Wildman–Crippen LogP) is 1.21. The highest BCUT2D eigenvalue weighted by molar-refractivity contribution is 5.87. The zero-order valence-corrected chi connectivity index (χ0v) is 18.3. The molecule has 0 spiro atoms. The summed E-state index contributed by atoms with van der Waals surface area (Å²) in [4.78, 5) is 38.1. The minimum absolute atomic E-state index is 0.0676. The summed E-state index contributed by atoms with van der Waals surface area (Å²) in [5.74, 6) is 0.755. The fourth-order valence-electron chi connectivity index (χ4n) is 4.25. The lowest BCUT2D eigenvalue weighted by atomic mass is 10.0. The van der Waals surface area contributed by atoms with Crippen molar-refractivity contribution in [2.24, 2.45) is 4.99 Å². The van der Waals surface area contributed by atoms with Crippen LogP contribution < -0.4 is 26.8 Å². The molecule has 1 saturated carbocycles. The Bertz CT molecular complexity index is 1440. The van der Waals surface area contributed by atoms with E-state index in [2.05, 4.69) is 27.2 Å². The third-order valence-electron chi connectivity index (χ3n) is 6.25. The lowest BCUT2D eigenvalue weighted by molar-refractivity contribution is -0.109. The van der Waals surface area contributed by atoms with Crippen LogP contribution >= 0.6 is 0 Å². The SMILES string of the molecule is C=c1ccc2c(c1)C(CNC=O)=C(n1c(C)cnc(NCC3(c4ccccn4)CC3)c1=O)N=2. The average molecular weight is 441 g/mol. The number of anilines is 1. The van der Waals surface area contributed by atoms with Crippen molar-refractivity contribution in [1.29, 1.82) is 0 Å². The molecule has 0 saturated heterocycles. The number of nitrogens with zero attached hydrogens (tertiary/aromatic N) is 4. The van der Waals surface area contributed by atoms with Gasteiger partial charge in [-0.3, -0.25) is 19.1 Å². The number of fused-ring (bicyclic) bond motifs is 1. The van der Waals surface area contributed by atoms with Crippen LogP contribution in [0.2, 0.25) is 0 Å². The summed E-state index contributed by atoms with van der Waals surface area (Å²) in [6, 6.07) is 11.6. The van der Waals surface area contributed by atoms with E-state index < -0.39 is 0 Å². The van der Waals surface area contributed by atoms with Gasteiger partial charge in [0.15, 0.2) is 5.82 Å². The zero-order chi connectivity index (χ0) is 23.0. The molecule has 33 heavy (non-hydrogen) atoms. The van der Waals surface area contributed by atoms with Gasteiger partial charge in [-0.2, -0.15) is 0 Å². The summed E-state index contributed by atoms with van der Waals surface area (Å²) >= 11 is 0. The van der Waals surface area contributed by atoms with Gasteiger partial charge in [-0.1, -0.05) is 18.7 Å². The van der Waals surface area contributed by atoms with E-state index in [1.54, 1.807) is 17.0 Å². The number of aromatic nitrogens is 3. The molecule has 3 aromatic rings. The highest BCUT2D eigenvalue weighted by Crippen LogP contribution is 2.47. The average Bonchev–Trinajstić information content (AvgIpc) is 3.54. The highest BCUT2D eigenvalue weighted by Gasteiger charge is 2.45. The molecule has 0 atom stereocenters. The molecule has 5 rings (SSSR count). The molecule has 0 bridgehead atoms. The first-order chi connectivity index (χ1) is 16.0. The molecule has 1 amide bonds. The van der Waals surface area contributed by atoms with E-state index in [0.29, 0.717) is 24.5 Å². The first-order valence-electron chi connectivity index (χ1n) is 10.9. The largest absolute Gasteiger partial charge is 0.365 e. The standard InChI is InChI=1S/C25H24N6O2/c1-16-6-7-20-18(11-16)19(13-26-15-32)23(30-20)31-17(2)12-28-22(24(31)33)29-14-25(8-9-25)21-5-3-4-10-27-21/h3-7,10-12,15H,1,8-9,13-14H2,2H3,(H,26,32)(H,28,29). The van der Waals surface area contributed by atoms with Crippen molar-refractivity contribution >= 4 is 30.2 Å². The van der Waals surface area contributed by atoms with E-state index in [9.17, 15) is 9.59 Å².